The second kappa shape index (κ2) is 9.13. The molecule has 15 heavy (non-hydrogen) atoms. The van der Waals surface area contributed by atoms with Gasteiger partial charge in [-0.1, -0.05) is 34.1 Å². The second-order valence-electron chi connectivity index (χ2n) is 4.65. The SMILES string of the molecule is CCCC(C)COCC(O)CNC(C)C. The summed E-state index contributed by atoms with van der Waals surface area (Å²) in [6, 6.07) is 0.415. The highest BCUT2D eigenvalue weighted by Gasteiger charge is 2.06. The highest BCUT2D eigenvalue weighted by molar-refractivity contribution is 4.61. The number of hydrogen-bond donors (Lipinski definition) is 2. The Hall–Kier alpha value is -0.120. The van der Waals surface area contributed by atoms with Gasteiger partial charge in [0.05, 0.1) is 12.7 Å². The van der Waals surface area contributed by atoms with E-state index in [4.69, 9.17) is 4.74 Å². The third-order valence-corrected chi connectivity index (χ3v) is 2.26. The Morgan fingerprint density at radius 3 is 2.40 bits per heavy atom. The molecule has 2 N–H and O–H groups in total. The fourth-order valence-corrected chi connectivity index (χ4v) is 1.41. The summed E-state index contributed by atoms with van der Waals surface area (Å²) in [5.74, 6) is 0.597. The fourth-order valence-electron chi connectivity index (χ4n) is 1.41. The van der Waals surface area contributed by atoms with E-state index in [0.29, 0.717) is 25.1 Å². The fraction of sp³-hybridized carbons (Fsp3) is 1.00. The maximum Gasteiger partial charge on any atom is 0.0897 e. The molecule has 2 unspecified atom stereocenters. The van der Waals surface area contributed by atoms with E-state index in [1.165, 1.54) is 12.8 Å². The molecule has 0 rings (SSSR count). The summed E-state index contributed by atoms with van der Waals surface area (Å²) in [7, 11) is 0. The molecule has 0 aliphatic heterocycles. The van der Waals surface area contributed by atoms with E-state index in [2.05, 4.69) is 33.0 Å². The zero-order chi connectivity index (χ0) is 11.7. The summed E-state index contributed by atoms with van der Waals surface area (Å²) < 4.78 is 5.45. The molecular formula is C12H27NO2. The zero-order valence-electron chi connectivity index (χ0n) is 10.6. The monoisotopic (exact) mass is 217 g/mol. The summed E-state index contributed by atoms with van der Waals surface area (Å²) >= 11 is 0. The van der Waals surface area contributed by atoms with Gasteiger partial charge < -0.3 is 15.2 Å². The van der Waals surface area contributed by atoms with Crippen molar-refractivity contribution in [1.82, 2.24) is 5.32 Å². The van der Waals surface area contributed by atoms with Crippen LogP contribution in [0.2, 0.25) is 0 Å². The van der Waals surface area contributed by atoms with Crippen molar-refractivity contribution < 1.29 is 9.84 Å². The van der Waals surface area contributed by atoms with Gasteiger partial charge in [0, 0.05) is 19.2 Å². The first-order chi connectivity index (χ1) is 7.06. The highest BCUT2D eigenvalue weighted by Crippen LogP contribution is 2.05. The lowest BCUT2D eigenvalue weighted by Crippen LogP contribution is -2.34. The van der Waals surface area contributed by atoms with Gasteiger partial charge in [0.1, 0.15) is 0 Å². The Balaban J connectivity index is 3.34. The van der Waals surface area contributed by atoms with Crippen LogP contribution in [0.25, 0.3) is 0 Å². The Bertz CT molecular complexity index is 140. The topological polar surface area (TPSA) is 41.5 Å². The van der Waals surface area contributed by atoms with E-state index in [9.17, 15) is 5.11 Å². The zero-order valence-corrected chi connectivity index (χ0v) is 10.6. The third-order valence-electron chi connectivity index (χ3n) is 2.26. The molecule has 0 radical (unpaired) electrons. The molecule has 0 aliphatic carbocycles. The van der Waals surface area contributed by atoms with Crippen molar-refractivity contribution in [1.29, 1.82) is 0 Å². The number of hydrogen-bond acceptors (Lipinski definition) is 3. The lowest BCUT2D eigenvalue weighted by Gasteiger charge is -2.16. The van der Waals surface area contributed by atoms with Crippen LogP contribution in [0.3, 0.4) is 0 Å². The van der Waals surface area contributed by atoms with E-state index < -0.39 is 0 Å². The molecule has 0 fully saturated rings. The lowest BCUT2D eigenvalue weighted by atomic mass is 10.1. The average Bonchev–Trinajstić information content (AvgIpc) is 2.15. The van der Waals surface area contributed by atoms with Crippen LogP contribution in [-0.4, -0.2) is 37.0 Å². The first-order valence-corrected chi connectivity index (χ1v) is 6.05. The number of aliphatic hydroxyl groups is 1. The Labute approximate surface area is 94.2 Å². The van der Waals surface area contributed by atoms with Gasteiger partial charge in [-0.05, 0) is 12.3 Å². The summed E-state index contributed by atoms with van der Waals surface area (Å²) in [5.41, 5.74) is 0. The third kappa shape index (κ3) is 10.2. The molecule has 0 aliphatic rings. The molecule has 3 heteroatoms. The summed E-state index contributed by atoms with van der Waals surface area (Å²) in [6.07, 6.45) is 2.00. The Kier molecular flexibility index (Phi) is 9.06. The normalized spacial score (nSPS) is 15.6. The van der Waals surface area contributed by atoms with Crippen molar-refractivity contribution in [3.8, 4) is 0 Å². The molecule has 0 amide bonds. The summed E-state index contributed by atoms with van der Waals surface area (Å²) in [6.45, 7) is 10.3. The van der Waals surface area contributed by atoms with Crippen LogP contribution in [0.1, 0.15) is 40.5 Å². The number of rotatable bonds is 9. The van der Waals surface area contributed by atoms with Crippen LogP contribution in [0.15, 0.2) is 0 Å². The minimum atomic E-state index is -0.388. The molecule has 0 aromatic heterocycles. The van der Waals surface area contributed by atoms with Gasteiger partial charge in [-0.3, -0.25) is 0 Å². The van der Waals surface area contributed by atoms with Crippen molar-refractivity contribution in [2.45, 2.75) is 52.7 Å². The van der Waals surface area contributed by atoms with Gasteiger partial charge in [-0.2, -0.15) is 0 Å². The van der Waals surface area contributed by atoms with E-state index in [-0.39, 0.29) is 6.10 Å². The standard InChI is InChI=1S/C12H27NO2/c1-5-6-11(4)8-15-9-12(14)7-13-10(2)3/h10-14H,5-9H2,1-4H3. The van der Waals surface area contributed by atoms with Crippen molar-refractivity contribution in [2.24, 2.45) is 5.92 Å². The van der Waals surface area contributed by atoms with Gasteiger partial charge in [-0.15, -0.1) is 0 Å². The largest absolute Gasteiger partial charge is 0.389 e. The molecule has 0 aromatic carbocycles. The van der Waals surface area contributed by atoms with Crippen LogP contribution in [0.5, 0.6) is 0 Å². The molecule has 2 atom stereocenters. The lowest BCUT2D eigenvalue weighted by molar-refractivity contribution is 0.0220. The van der Waals surface area contributed by atoms with Crippen LogP contribution in [0, 0.1) is 5.92 Å². The molecular weight excluding hydrogens is 190 g/mol. The molecule has 0 bridgehead atoms. The molecule has 0 spiro atoms. The maximum absolute atomic E-state index is 9.55. The van der Waals surface area contributed by atoms with Crippen molar-refractivity contribution in [3.63, 3.8) is 0 Å². The van der Waals surface area contributed by atoms with Crippen LogP contribution < -0.4 is 5.32 Å². The van der Waals surface area contributed by atoms with Gasteiger partial charge in [0.25, 0.3) is 0 Å². The van der Waals surface area contributed by atoms with E-state index >= 15 is 0 Å². The average molecular weight is 217 g/mol. The van der Waals surface area contributed by atoms with Gasteiger partial charge in [0.15, 0.2) is 0 Å². The van der Waals surface area contributed by atoms with Gasteiger partial charge in [0.2, 0.25) is 0 Å². The second-order valence-corrected chi connectivity index (χ2v) is 4.65. The van der Waals surface area contributed by atoms with Crippen LogP contribution in [0.4, 0.5) is 0 Å². The predicted octanol–water partition coefficient (Wildman–Crippen LogP) is 1.80. The van der Waals surface area contributed by atoms with Crippen LogP contribution in [-0.2, 0) is 4.74 Å². The summed E-state index contributed by atoms with van der Waals surface area (Å²) in [4.78, 5) is 0. The van der Waals surface area contributed by atoms with E-state index in [0.717, 1.165) is 6.61 Å². The molecule has 3 nitrogen and oxygen atoms in total. The van der Waals surface area contributed by atoms with Crippen molar-refractivity contribution in [3.05, 3.63) is 0 Å². The van der Waals surface area contributed by atoms with Crippen molar-refractivity contribution >= 4 is 0 Å². The number of aliphatic hydroxyl groups excluding tert-OH is 1. The minimum absolute atomic E-state index is 0.388. The molecule has 92 valence electrons. The molecule has 0 saturated carbocycles. The van der Waals surface area contributed by atoms with E-state index in [1.807, 2.05) is 0 Å². The van der Waals surface area contributed by atoms with Gasteiger partial charge in [-0.25, -0.2) is 0 Å². The van der Waals surface area contributed by atoms with E-state index in [1.54, 1.807) is 0 Å². The predicted molar refractivity (Wildman–Crippen MR) is 64.0 cm³/mol. The molecule has 0 heterocycles. The minimum Gasteiger partial charge on any atom is -0.389 e. The quantitative estimate of drug-likeness (QED) is 0.619. The molecule has 0 aromatic rings. The number of ether oxygens (including phenoxy) is 1. The molecule has 0 saturated heterocycles. The van der Waals surface area contributed by atoms with Crippen LogP contribution >= 0.6 is 0 Å². The first kappa shape index (κ1) is 14.9. The smallest absolute Gasteiger partial charge is 0.0897 e. The van der Waals surface area contributed by atoms with Gasteiger partial charge >= 0.3 is 0 Å². The summed E-state index contributed by atoms with van der Waals surface area (Å²) in [5, 5.41) is 12.7. The Morgan fingerprint density at radius 2 is 1.87 bits per heavy atom. The first-order valence-electron chi connectivity index (χ1n) is 6.05. The van der Waals surface area contributed by atoms with Crippen molar-refractivity contribution in [2.75, 3.05) is 19.8 Å². The Morgan fingerprint density at radius 1 is 1.20 bits per heavy atom. The number of nitrogens with one attached hydrogen (secondary N) is 1. The maximum atomic E-state index is 9.55. The highest BCUT2D eigenvalue weighted by atomic mass is 16.5.